The van der Waals surface area contributed by atoms with E-state index >= 15 is 0 Å². The monoisotopic (exact) mass is 241 g/mol. The molecular formula is C11H16ClN3O. The van der Waals surface area contributed by atoms with Gasteiger partial charge in [0.2, 0.25) is 0 Å². The van der Waals surface area contributed by atoms with Gasteiger partial charge in [-0.1, -0.05) is 11.6 Å². The summed E-state index contributed by atoms with van der Waals surface area (Å²) in [6.45, 7) is 8.32. The Morgan fingerprint density at radius 2 is 2.25 bits per heavy atom. The Bertz CT molecular complexity index is 395. The van der Waals surface area contributed by atoms with Gasteiger partial charge in [0, 0.05) is 13.1 Å². The minimum absolute atomic E-state index is 0.152. The topological polar surface area (TPSA) is 38.2 Å². The van der Waals surface area contributed by atoms with Crippen LogP contribution in [0.25, 0.3) is 0 Å². The molecule has 0 saturated carbocycles. The van der Waals surface area contributed by atoms with Gasteiger partial charge in [0.25, 0.3) is 0 Å². The first-order valence-electron chi connectivity index (χ1n) is 5.36. The average molecular weight is 242 g/mol. The van der Waals surface area contributed by atoms with Crippen molar-refractivity contribution in [1.82, 2.24) is 9.97 Å². The van der Waals surface area contributed by atoms with Gasteiger partial charge < -0.3 is 9.64 Å². The van der Waals surface area contributed by atoms with Gasteiger partial charge >= 0.3 is 0 Å². The van der Waals surface area contributed by atoms with Crippen LogP contribution in [0.5, 0.6) is 0 Å². The predicted octanol–water partition coefficient (Wildman–Crippen LogP) is 2.05. The third kappa shape index (κ3) is 2.44. The first-order chi connectivity index (χ1) is 7.48. The number of aromatic nitrogens is 2. The maximum absolute atomic E-state index is 6.12. The van der Waals surface area contributed by atoms with Crippen molar-refractivity contribution in [1.29, 1.82) is 0 Å². The number of morpholine rings is 1. The molecule has 1 aliphatic rings. The van der Waals surface area contributed by atoms with Gasteiger partial charge in [0.05, 0.1) is 18.4 Å². The highest BCUT2D eigenvalue weighted by Crippen LogP contribution is 2.27. The summed E-state index contributed by atoms with van der Waals surface area (Å²) in [6.07, 6.45) is 1.65. The van der Waals surface area contributed by atoms with E-state index in [-0.39, 0.29) is 5.60 Å². The van der Waals surface area contributed by atoms with Gasteiger partial charge in [-0.3, -0.25) is 0 Å². The lowest BCUT2D eigenvalue weighted by atomic mass is 10.1. The Morgan fingerprint density at radius 1 is 1.50 bits per heavy atom. The highest BCUT2D eigenvalue weighted by molar-refractivity contribution is 6.32. The van der Waals surface area contributed by atoms with Gasteiger partial charge in [-0.25, -0.2) is 9.97 Å². The van der Waals surface area contributed by atoms with E-state index in [9.17, 15) is 0 Å². The third-order valence-electron chi connectivity index (χ3n) is 2.57. The van der Waals surface area contributed by atoms with Crippen LogP contribution in [0, 0.1) is 6.92 Å². The minimum atomic E-state index is -0.152. The summed E-state index contributed by atoms with van der Waals surface area (Å²) in [5.74, 6) is 1.55. The normalized spacial score (nSPS) is 19.9. The molecule has 0 spiro atoms. The maximum atomic E-state index is 6.12. The fourth-order valence-corrected chi connectivity index (χ4v) is 2.07. The fraction of sp³-hybridized carbons (Fsp3) is 0.636. The van der Waals surface area contributed by atoms with Gasteiger partial charge in [0.15, 0.2) is 5.82 Å². The molecule has 0 amide bonds. The Labute approximate surface area is 101 Å². The minimum Gasteiger partial charge on any atom is -0.372 e. The van der Waals surface area contributed by atoms with Crippen LogP contribution in [0.4, 0.5) is 5.82 Å². The van der Waals surface area contributed by atoms with Crippen molar-refractivity contribution in [2.24, 2.45) is 0 Å². The second kappa shape index (κ2) is 4.18. The maximum Gasteiger partial charge on any atom is 0.151 e. The molecule has 16 heavy (non-hydrogen) atoms. The third-order valence-corrected chi connectivity index (χ3v) is 2.84. The summed E-state index contributed by atoms with van der Waals surface area (Å²) in [6, 6.07) is 0. The Hall–Kier alpha value is -0.870. The van der Waals surface area contributed by atoms with Gasteiger partial charge in [-0.2, -0.15) is 0 Å². The SMILES string of the molecule is Cc1ncc(Cl)c(N2CCOC(C)(C)C2)n1. The van der Waals surface area contributed by atoms with Crippen LogP contribution in [-0.2, 0) is 4.74 Å². The Balaban J connectivity index is 2.26. The van der Waals surface area contributed by atoms with Crippen molar-refractivity contribution in [2.75, 3.05) is 24.6 Å². The first kappa shape index (κ1) is 11.6. The van der Waals surface area contributed by atoms with Gasteiger partial charge in [-0.05, 0) is 20.8 Å². The molecule has 5 heteroatoms. The van der Waals surface area contributed by atoms with E-state index in [1.807, 2.05) is 6.92 Å². The number of hydrogen-bond acceptors (Lipinski definition) is 4. The number of hydrogen-bond donors (Lipinski definition) is 0. The summed E-state index contributed by atoms with van der Waals surface area (Å²) in [7, 11) is 0. The highest BCUT2D eigenvalue weighted by Gasteiger charge is 2.28. The molecule has 1 fully saturated rings. The molecule has 4 nitrogen and oxygen atoms in total. The quantitative estimate of drug-likeness (QED) is 0.754. The van der Waals surface area contributed by atoms with E-state index in [4.69, 9.17) is 16.3 Å². The second-order valence-electron chi connectivity index (χ2n) is 4.62. The van der Waals surface area contributed by atoms with Crippen molar-refractivity contribution in [3.8, 4) is 0 Å². The van der Waals surface area contributed by atoms with E-state index in [0.717, 1.165) is 24.7 Å². The summed E-state index contributed by atoms with van der Waals surface area (Å²) >= 11 is 6.12. The van der Waals surface area contributed by atoms with Crippen LogP contribution >= 0.6 is 11.6 Å². The predicted molar refractivity (Wildman–Crippen MR) is 64.0 cm³/mol. The zero-order chi connectivity index (χ0) is 11.8. The summed E-state index contributed by atoms with van der Waals surface area (Å²) in [4.78, 5) is 10.6. The zero-order valence-corrected chi connectivity index (χ0v) is 10.6. The Kier molecular flexibility index (Phi) is 3.04. The average Bonchev–Trinajstić information content (AvgIpc) is 2.20. The van der Waals surface area contributed by atoms with E-state index in [2.05, 4.69) is 28.7 Å². The smallest absolute Gasteiger partial charge is 0.151 e. The molecule has 1 aromatic heterocycles. The van der Waals surface area contributed by atoms with Crippen molar-refractivity contribution in [2.45, 2.75) is 26.4 Å². The highest BCUT2D eigenvalue weighted by atomic mass is 35.5. The molecule has 2 rings (SSSR count). The molecule has 2 heterocycles. The van der Waals surface area contributed by atoms with Crippen molar-refractivity contribution in [3.63, 3.8) is 0 Å². The van der Waals surface area contributed by atoms with Crippen LogP contribution < -0.4 is 4.90 Å². The van der Waals surface area contributed by atoms with Crippen LogP contribution in [0.2, 0.25) is 5.02 Å². The summed E-state index contributed by atoms with van der Waals surface area (Å²) < 4.78 is 5.66. The summed E-state index contributed by atoms with van der Waals surface area (Å²) in [5.41, 5.74) is -0.152. The molecule has 1 saturated heterocycles. The van der Waals surface area contributed by atoms with Crippen molar-refractivity contribution < 1.29 is 4.74 Å². The van der Waals surface area contributed by atoms with Gasteiger partial charge in [-0.15, -0.1) is 0 Å². The number of nitrogens with zero attached hydrogens (tertiary/aromatic N) is 3. The lowest BCUT2D eigenvalue weighted by molar-refractivity contribution is -0.0279. The molecule has 0 aliphatic carbocycles. The Morgan fingerprint density at radius 3 is 2.94 bits per heavy atom. The molecule has 0 bridgehead atoms. The fourth-order valence-electron chi connectivity index (χ4n) is 1.86. The molecule has 0 N–H and O–H groups in total. The molecule has 1 aromatic rings. The first-order valence-corrected chi connectivity index (χ1v) is 5.74. The van der Waals surface area contributed by atoms with Crippen molar-refractivity contribution in [3.05, 3.63) is 17.0 Å². The van der Waals surface area contributed by atoms with Crippen LogP contribution in [0.3, 0.4) is 0 Å². The van der Waals surface area contributed by atoms with Crippen LogP contribution in [-0.4, -0.2) is 35.3 Å². The standard InChI is InChI=1S/C11H16ClN3O/c1-8-13-6-9(12)10(14-8)15-4-5-16-11(2,3)7-15/h6H,4-5,7H2,1-3H3. The molecule has 1 aliphatic heterocycles. The van der Waals surface area contributed by atoms with Gasteiger partial charge in [0.1, 0.15) is 10.8 Å². The number of ether oxygens (including phenoxy) is 1. The number of halogens is 1. The second-order valence-corrected chi connectivity index (χ2v) is 5.03. The molecular weight excluding hydrogens is 226 g/mol. The van der Waals surface area contributed by atoms with Crippen LogP contribution in [0.15, 0.2) is 6.20 Å². The lowest BCUT2D eigenvalue weighted by Gasteiger charge is -2.39. The summed E-state index contributed by atoms with van der Waals surface area (Å²) in [5, 5.41) is 0.600. The molecule has 0 aromatic carbocycles. The van der Waals surface area contributed by atoms with E-state index in [0.29, 0.717) is 11.6 Å². The van der Waals surface area contributed by atoms with E-state index in [1.54, 1.807) is 6.20 Å². The number of aryl methyl sites for hydroxylation is 1. The van der Waals surface area contributed by atoms with Crippen molar-refractivity contribution >= 4 is 17.4 Å². The van der Waals surface area contributed by atoms with Crippen LogP contribution in [0.1, 0.15) is 19.7 Å². The molecule has 0 atom stereocenters. The largest absolute Gasteiger partial charge is 0.372 e. The molecule has 0 radical (unpaired) electrons. The molecule has 0 unspecified atom stereocenters. The van der Waals surface area contributed by atoms with E-state index in [1.165, 1.54) is 0 Å². The number of rotatable bonds is 1. The number of anilines is 1. The molecule has 88 valence electrons. The zero-order valence-electron chi connectivity index (χ0n) is 9.83. The van der Waals surface area contributed by atoms with E-state index < -0.39 is 0 Å². The lowest BCUT2D eigenvalue weighted by Crippen LogP contribution is -2.48.